The highest BCUT2D eigenvalue weighted by Gasteiger charge is 2.24. The highest BCUT2D eigenvalue weighted by Crippen LogP contribution is 2.25. The molecule has 5 heteroatoms. The summed E-state index contributed by atoms with van der Waals surface area (Å²) >= 11 is 1.74. The lowest BCUT2D eigenvalue weighted by Gasteiger charge is -2.36. The molecule has 3 nitrogen and oxygen atoms in total. The van der Waals surface area contributed by atoms with Crippen molar-refractivity contribution in [3.63, 3.8) is 0 Å². The first-order valence-electron chi connectivity index (χ1n) is 7.89. The Morgan fingerprint density at radius 3 is 3.18 bits per heavy atom. The van der Waals surface area contributed by atoms with E-state index in [9.17, 15) is 4.39 Å². The monoisotopic (exact) mass is 319 g/mol. The average molecular weight is 319 g/mol. The molecule has 0 bridgehead atoms. The first-order chi connectivity index (χ1) is 10.8. The molecule has 1 aromatic heterocycles. The number of benzene rings is 1. The van der Waals surface area contributed by atoms with Gasteiger partial charge < -0.3 is 5.32 Å². The number of rotatable bonds is 5. The van der Waals surface area contributed by atoms with Crippen LogP contribution in [0.3, 0.4) is 0 Å². The molecule has 0 saturated carbocycles. The van der Waals surface area contributed by atoms with Gasteiger partial charge in [0.05, 0.1) is 12.2 Å². The van der Waals surface area contributed by atoms with Crippen LogP contribution in [-0.4, -0.2) is 29.5 Å². The quantitative estimate of drug-likeness (QED) is 0.916. The molecule has 1 aliphatic heterocycles. The van der Waals surface area contributed by atoms with Crippen molar-refractivity contribution in [2.24, 2.45) is 0 Å². The first-order valence-corrected chi connectivity index (χ1v) is 8.77. The third kappa shape index (κ3) is 3.72. The number of aryl methyl sites for hydroxylation is 1. The van der Waals surface area contributed by atoms with Crippen molar-refractivity contribution < 1.29 is 4.39 Å². The van der Waals surface area contributed by atoms with Crippen molar-refractivity contribution in [2.45, 2.75) is 32.4 Å². The van der Waals surface area contributed by atoms with Crippen LogP contribution >= 0.6 is 11.3 Å². The van der Waals surface area contributed by atoms with E-state index in [0.29, 0.717) is 0 Å². The molecule has 2 heterocycles. The fourth-order valence-electron chi connectivity index (χ4n) is 2.94. The Bertz CT molecular complexity index is 613. The third-order valence-corrected chi connectivity index (χ3v) is 4.91. The lowest BCUT2D eigenvalue weighted by atomic mass is 10.0. The van der Waals surface area contributed by atoms with Gasteiger partial charge in [0, 0.05) is 31.1 Å². The van der Waals surface area contributed by atoms with E-state index in [0.717, 1.165) is 49.6 Å². The summed E-state index contributed by atoms with van der Waals surface area (Å²) in [4.78, 5) is 7.12. The third-order valence-electron chi connectivity index (χ3n) is 4.03. The van der Waals surface area contributed by atoms with Crippen LogP contribution in [-0.2, 0) is 13.0 Å². The Kier molecular flexibility index (Phi) is 5.18. The SMILES string of the molecule is CCCc1csc(CN2CCNCC2c2cccc(F)c2)n1. The van der Waals surface area contributed by atoms with Gasteiger partial charge in [0.1, 0.15) is 10.8 Å². The molecule has 118 valence electrons. The predicted octanol–water partition coefficient (Wildman–Crippen LogP) is 3.38. The summed E-state index contributed by atoms with van der Waals surface area (Å²) in [6.07, 6.45) is 2.17. The molecule has 2 aromatic rings. The summed E-state index contributed by atoms with van der Waals surface area (Å²) in [5.41, 5.74) is 2.23. The van der Waals surface area contributed by atoms with Gasteiger partial charge in [-0.2, -0.15) is 0 Å². The maximum atomic E-state index is 13.5. The average Bonchev–Trinajstić information content (AvgIpc) is 2.95. The number of thiazole rings is 1. The van der Waals surface area contributed by atoms with Gasteiger partial charge >= 0.3 is 0 Å². The Balaban J connectivity index is 1.74. The molecular formula is C17H22FN3S. The molecule has 3 rings (SSSR count). The minimum atomic E-state index is -0.164. The first kappa shape index (κ1) is 15.6. The molecule has 1 aromatic carbocycles. The Hall–Kier alpha value is -1.30. The lowest BCUT2D eigenvalue weighted by Crippen LogP contribution is -2.45. The minimum Gasteiger partial charge on any atom is -0.314 e. The van der Waals surface area contributed by atoms with Crippen LogP contribution < -0.4 is 5.32 Å². The van der Waals surface area contributed by atoms with Crippen molar-refractivity contribution in [1.82, 2.24) is 15.2 Å². The zero-order chi connectivity index (χ0) is 15.4. The summed E-state index contributed by atoms with van der Waals surface area (Å²) in [6.45, 7) is 5.81. The molecule has 1 unspecified atom stereocenters. The number of hydrogen-bond acceptors (Lipinski definition) is 4. The van der Waals surface area contributed by atoms with E-state index in [-0.39, 0.29) is 11.9 Å². The number of piperazine rings is 1. The molecule has 0 amide bonds. The summed E-state index contributed by atoms with van der Waals surface area (Å²) in [5, 5.41) is 6.74. The van der Waals surface area contributed by atoms with Gasteiger partial charge in [0.15, 0.2) is 0 Å². The van der Waals surface area contributed by atoms with E-state index >= 15 is 0 Å². The Labute approximate surface area is 135 Å². The van der Waals surface area contributed by atoms with E-state index in [1.165, 1.54) is 11.8 Å². The highest BCUT2D eigenvalue weighted by atomic mass is 32.1. The standard InChI is InChI=1S/C17H22FN3S/c1-2-4-15-12-22-17(20-15)11-21-8-7-19-10-16(21)13-5-3-6-14(18)9-13/h3,5-6,9,12,16,19H,2,4,7-8,10-11H2,1H3. The van der Waals surface area contributed by atoms with Gasteiger partial charge in [-0.05, 0) is 24.1 Å². The fourth-order valence-corrected chi connectivity index (χ4v) is 3.80. The number of nitrogens with one attached hydrogen (secondary N) is 1. The molecule has 1 fully saturated rings. The summed E-state index contributed by atoms with van der Waals surface area (Å²) in [7, 11) is 0. The topological polar surface area (TPSA) is 28.2 Å². The summed E-state index contributed by atoms with van der Waals surface area (Å²) in [5.74, 6) is -0.164. The molecular weight excluding hydrogens is 297 g/mol. The molecule has 1 saturated heterocycles. The summed E-state index contributed by atoms with van der Waals surface area (Å²) in [6, 6.07) is 7.16. The minimum absolute atomic E-state index is 0.164. The Morgan fingerprint density at radius 1 is 1.45 bits per heavy atom. The van der Waals surface area contributed by atoms with Crippen LogP contribution in [0.4, 0.5) is 4.39 Å². The van der Waals surface area contributed by atoms with Crippen molar-refractivity contribution in [3.8, 4) is 0 Å². The zero-order valence-corrected chi connectivity index (χ0v) is 13.7. The van der Waals surface area contributed by atoms with Gasteiger partial charge in [-0.3, -0.25) is 4.90 Å². The predicted molar refractivity (Wildman–Crippen MR) is 88.5 cm³/mol. The maximum Gasteiger partial charge on any atom is 0.123 e. The number of aromatic nitrogens is 1. The lowest BCUT2D eigenvalue weighted by molar-refractivity contribution is 0.153. The molecule has 0 radical (unpaired) electrons. The molecule has 0 spiro atoms. The van der Waals surface area contributed by atoms with E-state index < -0.39 is 0 Å². The van der Waals surface area contributed by atoms with Gasteiger partial charge in [-0.25, -0.2) is 9.37 Å². The maximum absolute atomic E-state index is 13.5. The van der Waals surface area contributed by atoms with Crippen LogP contribution in [0.25, 0.3) is 0 Å². The van der Waals surface area contributed by atoms with E-state index in [1.54, 1.807) is 23.5 Å². The molecule has 0 aliphatic carbocycles. The van der Waals surface area contributed by atoms with Gasteiger partial charge in [-0.15, -0.1) is 11.3 Å². The number of nitrogens with zero attached hydrogens (tertiary/aromatic N) is 2. The molecule has 1 N–H and O–H groups in total. The number of halogens is 1. The molecule has 22 heavy (non-hydrogen) atoms. The van der Waals surface area contributed by atoms with Gasteiger partial charge in [0.25, 0.3) is 0 Å². The largest absolute Gasteiger partial charge is 0.314 e. The van der Waals surface area contributed by atoms with Crippen LogP contribution in [0.15, 0.2) is 29.6 Å². The van der Waals surface area contributed by atoms with Crippen LogP contribution in [0.2, 0.25) is 0 Å². The zero-order valence-electron chi connectivity index (χ0n) is 12.9. The second-order valence-electron chi connectivity index (χ2n) is 5.73. The Morgan fingerprint density at radius 2 is 2.36 bits per heavy atom. The fraction of sp³-hybridized carbons (Fsp3) is 0.471. The van der Waals surface area contributed by atoms with Crippen LogP contribution in [0.1, 0.15) is 35.7 Å². The van der Waals surface area contributed by atoms with Crippen molar-refractivity contribution >= 4 is 11.3 Å². The number of hydrogen-bond donors (Lipinski definition) is 1. The second-order valence-corrected chi connectivity index (χ2v) is 6.67. The molecule has 1 atom stereocenters. The van der Waals surface area contributed by atoms with Crippen molar-refractivity contribution in [2.75, 3.05) is 19.6 Å². The van der Waals surface area contributed by atoms with Crippen LogP contribution in [0.5, 0.6) is 0 Å². The van der Waals surface area contributed by atoms with Crippen molar-refractivity contribution in [3.05, 3.63) is 51.7 Å². The van der Waals surface area contributed by atoms with Crippen LogP contribution in [0, 0.1) is 5.82 Å². The van der Waals surface area contributed by atoms with E-state index in [4.69, 9.17) is 4.98 Å². The summed E-state index contributed by atoms with van der Waals surface area (Å²) < 4.78 is 13.5. The van der Waals surface area contributed by atoms with Crippen molar-refractivity contribution in [1.29, 1.82) is 0 Å². The van der Waals surface area contributed by atoms with Gasteiger partial charge in [-0.1, -0.05) is 25.5 Å². The van der Waals surface area contributed by atoms with Gasteiger partial charge in [0.2, 0.25) is 0 Å². The normalized spacial score (nSPS) is 19.5. The smallest absolute Gasteiger partial charge is 0.123 e. The van der Waals surface area contributed by atoms with E-state index in [1.807, 2.05) is 6.07 Å². The van der Waals surface area contributed by atoms with E-state index in [2.05, 4.69) is 22.5 Å². The molecule has 1 aliphatic rings. The highest BCUT2D eigenvalue weighted by molar-refractivity contribution is 7.09. The second kappa shape index (κ2) is 7.31.